The van der Waals surface area contributed by atoms with Gasteiger partial charge in [0.1, 0.15) is 12.2 Å². The minimum absolute atomic E-state index is 0.104. The molecule has 0 fully saturated rings. The van der Waals surface area contributed by atoms with Crippen molar-refractivity contribution in [1.29, 1.82) is 0 Å². The van der Waals surface area contributed by atoms with Crippen LogP contribution < -0.4 is 9.75 Å². The normalized spacial score (nSPS) is 16.1. The number of ether oxygens (including phenoxy) is 1. The highest BCUT2D eigenvalue weighted by Gasteiger charge is 2.39. The molecule has 3 heterocycles. The molecule has 2 aromatic heterocycles. The Morgan fingerprint density at radius 2 is 2.10 bits per heavy atom. The van der Waals surface area contributed by atoms with Crippen LogP contribution in [0.1, 0.15) is 12.5 Å². The molecule has 0 bridgehead atoms. The van der Waals surface area contributed by atoms with Crippen LogP contribution in [0.5, 0.6) is 5.88 Å². The van der Waals surface area contributed by atoms with Crippen molar-refractivity contribution < 1.29 is 18.7 Å². The van der Waals surface area contributed by atoms with Crippen molar-refractivity contribution in [3.63, 3.8) is 0 Å². The Bertz CT molecular complexity index is 1070. The molecular weight excluding hydrogens is 372 g/mol. The van der Waals surface area contributed by atoms with Crippen LogP contribution in [0.2, 0.25) is 0 Å². The van der Waals surface area contributed by atoms with Crippen LogP contribution in [0.15, 0.2) is 64.6 Å². The monoisotopic (exact) mass is 390 g/mol. The molecule has 1 aliphatic heterocycles. The smallest absolute Gasteiger partial charge is 0.263 e. The average molecular weight is 390 g/mol. The lowest BCUT2D eigenvalue weighted by atomic mass is 9.93. The van der Waals surface area contributed by atoms with Crippen LogP contribution in [0, 0.1) is 5.92 Å². The van der Waals surface area contributed by atoms with Gasteiger partial charge in [-0.25, -0.2) is 9.97 Å². The van der Waals surface area contributed by atoms with E-state index >= 15 is 0 Å². The maximum absolute atomic E-state index is 12.9. The molecule has 146 valence electrons. The van der Waals surface area contributed by atoms with Gasteiger partial charge in [-0.2, -0.15) is 10.1 Å². The Balaban J connectivity index is 1.51. The number of aromatic nitrogens is 2. The first-order valence-electron chi connectivity index (χ1n) is 8.97. The second-order valence-electron chi connectivity index (χ2n) is 6.56. The number of anilines is 1. The quantitative estimate of drug-likeness (QED) is 0.600. The minimum Gasteiger partial charge on any atom is -0.481 e. The van der Waals surface area contributed by atoms with E-state index in [1.807, 2.05) is 24.3 Å². The van der Waals surface area contributed by atoms with E-state index in [9.17, 15) is 9.59 Å². The van der Waals surface area contributed by atoms with E-state index in [1.165, 1.54) is 24.6 Å². The Kier molecular flexibility index (Phi) is 4.90. The summed E-state index contributed by atoms with van der Waals surface area (Å²) in [5, 5.41) is 5.49. The van der Waals surface area contributed by atoms with Gasteiger partial charge in [0.2, 0.25) is 11.8 Å². The van der Waals surface area contributed by atoms with E-state index < -0.39 is 5.92 Å². The summed E-state index contributed by atoms with van der Waals surface area (Å²) in [5.74, 6) is -0.609. The zero-order chi connectivity index (χ0) is 20.4. The molecule has 0 N–H and O–H groups in total. The van der Waals surface area contributed by atoms with Gasteiger partial charge in [-0.3, -0.25) is 9.59 Å². The number of Topliss-reactive ketones (excluding diaryl/α,β-unsaturated/α-hetero) is 1. The topological polar surface area (TPSA) is 97.9 Å². The molecule has 0 aliphatic carbocycles. The van der Waals surface area contributed by atoms with E-state index in [4.69, 9.17) is 9.15 Å². The van der Waals surface area contributed by atoms with Crippen molar-refractivity contribution in [3.05, 3.63) is 60.6 Å². The number of carbonyl (C=O) groups excluding carboxylic acids is 2. The molecule has 0 saturated carbocycles. The summed E-state index contributed by atoms with van der Waals surface area (Å²) in [6.45, 7) is 1.68. The molecule has 29 heavy (non-hydrogen) atoms. The van der Waals surface area contributed by atoms with Gasteiger partial charge in [0.15, 0.2) is 5.78 Å². The number of methoxy groups -OCH3 is 1. The van der Waals surface area contributed by atoms with Gasteiger partial charge in [-0.1, -0.05) is 12.1 Å². The number of oxazole rings is 1. The molecule has 1 unspecified atom stereocenters. The predicted molar refractivity (Wildman–Crippen MR) is 106 cm³/mol. The highest BCUT2D eigenvalue weighted by molar-refractivity contribution is 6.27. The molecule has 0 spiro atoms. The number of carbonyl (C=O) groups is 2. The van der Waals surface area contributed by atoms with Gasteiger partial charge < -0.3 is 9.15 Å². The number of pyridine rings is 1. The zero-order valence-electron chi connectivity index (χ0n) is 15.9. The molecule has 0 saturated heterocycles. The lowest BCUT2D eigenvalue weighted by Gasteiger charge is -2.14. The standard InChI is InChI=1S/C21H18N4O4/c1-13-19(21(27)25(24-13)16-6-7-18(28-2)23-12-16)17(26)11-14-4-3-5-15(10-14)20-22-8-9-29-20/h3-10,12,19H,11H2,1-2H3. The third-order valence-corrected chi connectivity index (χ3v) is 4.61. The molecule has 4 rings (SSSR count). The molecule has 1 aliphatic rings. The molecule has 1 atom stereocenters. The molecule has 8 nitrogen and oxygen atoms in total. The Morgan fingerprint density at radius 1 is 1.24 bits per heavy atom. The van der Waals surface area contributed by atoms with Crippen LogP contribution in [-0.4, -0.2) is 34.5 Å². The van der Waals surface area contributed by atoms with Crippen LogP contribution in [0.3, 0.4) is 0 Å². The fraction of sp³-hybridized carbons (Fsp3) is 0.190. The third-order valence-electron chi connectivity index (χ3n) is 4.61. The van der Waals surface area contributed by atoms with E-state index in [2.05, 4.69) is 15.1 Å². The van der Waals surface area contributed by atoms with Gasteiger partial charge >= 0.3 is 0 Å². The van der Waals surface area contributed by atoms with Crippen LogP contribution in [-0.2, 0) is 16.0 Å². The molecular formula is C21H18N4O4. The Hall–Kier alpha value is -3.81. The number of rotatable bonds is 6. The van der Waals surface area contributed by atoms with Crippen LogP contribution in [0.4, 0.5) is 5.69 Å². The number of benzene rings is 1. The fourth-order valence-corrected chi connectivity index (χ4v) is 3.22. The van der Waals surface area contributed by atoms with E-state index in [1.54, 1.807) is 25.3 Å². The van der Waals surface area contributed by atoms with Gasteiger partial charge in [0.25, 0.3) is 5.91 Å². The molecule has 1 amide bonds. The van der Waals surface area contributed by atoms with Crippen LogP contribution in [0.25, 0.3) is 11.5 Å². The van der Waals surface area contributed by atoms with Gasteiger partial charge in [0.05, 0.1) is 30.9 Å². The fourth-order valence-electron chi connectivity index (χ4n) is 3.22. The van der Waals surface area contributed by atoms with Crippen molar-refractivity contribution in [3.8, 4) is 17.3 Å². The predicted octanol–water partition coefficient (Wildman–Crippen LogP) is 2.90. The first-order valence-corrected chi connectivity index (χ1v) is 8.97. The number of hydrogen-bond acceptors (Lipinski definition) is 7. The SMILES string of the molecule is COc1ccc(N2N=C(C)C(C(=O)Cc3cccc(-c4ncco4)c3)C2=O)cn1. The summed E-state index contributed by atoms with van der Waals surface area (Å²) < 4.78 is 10.3. The second-order valence-corrected chi connectivity index (χ2v) is 6.56. The maximum Gasteiger partial charge on any atom is 0.263 e. The van der Waals surface area contributed by atoms with Crippen molar-refractivity contribution in [1.82, 2.24) is 9.97 Å². The van der Waals surface area contributed by atoms with Crippen molar-refractivity contribution >= 4 is 23.1 Å². The maximum atomic E-state index is 12.9. The lowest BCUT2D eigenvalue weighted by Crippen LogP contribution is -2.33. The summed E-state index contributed by atoms with van der Waals surface area (Å²) in [6.07, 6.45) is 4.65. The molecule has 1 aromatic carbocycles. The number of hydrogen-bond donors (Lipinski definition) is 0. The second kappa shape index (κ2) is 7.67. The summed E-state index contributed by atoms with van der Waals surface area (Å²) >= 11 is 0. The molecule has 3 aromatic rings. The summed E-state index contributed by atoms with van der Waals surface area (Å²) in [5.41, 5.74) is 2.49. The summed E-state index contributed by atoms with van der Waals surface area (Å²) in [6, 6.07) is 10.7. The van der Waals surface area contributed by atoms with Gasteiger partial charge in [-0.15, -0.1) is 0 Å². The first kappa shape index (κ1) is 18.5. The van der Waals surface area contributed by atoms with Gasteiger partial charge in [-0.05, 0) is 30.7 Å². The third kappa shape index (κ3) is 3.64. The lowest BCUT2D eigenvalue weighted by molar-refractivity contribution is -0.128. The Morgan fingerprint density at radius 3 is 2.79 bits per heavy atom. The highest BCUT2D eigenvalue weighted by Crippen LogP contribution is 2.26. The number of nitrogens with zero attached hydrogens (tertiary/aromatic N) is 4. The van der Waals surface area contributed by atoms with E-state index in [-0.39, 0.29) is 18.1 Å². The van der Waals surface area contributed by atoms with Crippen molar-refractivity contribution in [2.75, 3.05) is 12.1 Å². The molecule has 0 radical (unpaired) electrons. The average Bonchev–Trinajstić information content (AvgIpc) is 3.36. The number of amides is 1. The van der Waals surface area contributed by atoms with E-state index in [0.29, 0.717) is 23.2 Å². The molecule has 8 heteroatoms. The summed E-state index contributed by atoms with van der Waals surface area (Å²) in [7, 11) is 1.51. The number of hydrazone groups is 1. The Labute approximate surface area is 166 Å². The van der Waals surface area contributed by atoms with E-state index in [0.717, 1.165) is 11.1 Å². The van der Waals surface area contributed by atoms with Crippen molar-refractivity contribution in [2.45, 2.75) is 13.3 Å². The summed E-state index contributed by atoms with van der Waals surface area (Å²) in [4.78, 5) is 34.0. The largest absolute Gasteiger partial charge is 0.481 e. The van der Waals surface area contributed by atoms with Gasteiger partial charge in [0, 0.05) is 18.1 Å². The van der Waals surface area contributed by atoms with Crippen LogP contribution >= 0.6 is 0 Å². The zero-order valence-corrected chi connectivity index (χ0v) is 15.9. The first-order chi connectivity index (χ1) is 14.1. The minimum atomic E-state index is -0.914. The van der Waals surface area contributed by atoms with Crippen molar-refractivity contribution in [2.24, 2.45) is 11.0 Å². The number of ketones is 1. The highest BCUT2D eigenvalue weighted by atomic mass is 16.5.